The van der Waals surface area contributed by atoms with E-state index in [0.29, 0.717) is 38.7 Å². The third kappa shape index (κ3) is 3.35. The number of hydrazone groups is 1. The van der Waals surface area contributed by atoms with Crippen LogP contribution >= 0.6 is 0 Å². The van der Waals surface area contributed by atoms with Crippen molar-refractivity contribution in [3.8, 4) is 0 Å². The predicted molar refractivity (Wildman–Crippen MR) is 136 cm³/mol. The summed E-state index contributed by atoms with van der Waals surface area (Å²) in [6.45, 7) is 2.54. The van der Waals surface area contributed by atoms with Gasteiger partial charge in [0.15, 0.2) is 0 Å². The normalized spacial score (nSPS) is 46.0. The molecule has 0 radical (unpaired) electrons. The SMILES string of the molecule is C[C@]12CC[C@H]3[C@@H](CC[C@]4(O)C[C@H](O)CC[C@]34/C=N\Nc3ccccc3)[C@@]1(O)CC[C@@H]2C1=CC(=O)OC1. The molecule has 7 heteroatoms. The first-order chi connectivity index (χ1) is 17.2. The summed E-state index contributed by atoms with van der Waals surface area (Å²) in [6.07, 6.45) is 9.15. The number of nitrogens with zero attached hydrogens (tertiary/aromatic N) is 1. The van der Waals surface area contributed by atoms with E-state index in [-0.39, 0.29) is 29.1 Å². The Hall–Kier alpha value is -2.22. The molecule has 0 spiro atoms. The zero-order chi connectivity index (χ0) is 25.2. The lowest BCUT2D eigenvalue weighted by Crippen LogP contribution is -2.68. The number of esters is 1. The molecule has 8 atom stereocenters. The summed E-state index contributed by atoms with van der Waals surface area (Å²) in [5.41, 5.74) is 2.16. The second-order valence-electron chi connectivity index (χ2n) is 12.3. The third-order valence-corrected chi connectivity index (χ3v) is 10.9. The van der Waals surface area contributed by atoms with Gasteiger partial charge in [-0.05, 0) is 86.8 Å². The Morgan fingerprint density at radius 3 is 2.56 bits per heavy atom. The molecule has 0 bridgehead atoms. The molecule has 0 amide bonds. The zero-order valence-corrected chi connectivity index (χ0v) is 21.0. The maximum atomic E-state index is 12.5. The van der Waals surface area contributed by atoms with Crippen molar-refractivity contribution in [2.24, 2.45) is 33.7 Å². The first-order valence-corrected chi connectivity index (χ1v) is 13.6. The standard InChI is InChI=1S/C29H38N2O5/c1-26-11-8-23-24(29(26,35)14-10-22(26)19-15-25(33)36-17-19)9-13-28(34)16-21(32)7-12-27(23,28)18-30-31-20-5-3-2-4-6-20/h2-6,15,18,21-24,31-32,34-35H,7-14,16-17H2,1H3/b30-18-/t21-,22-,23+,24-,26-,27+,28+,29+/m1/s1. The van der Waals surface area contributed by atoms with E-state index in [1.165, 1.54) is 0 Å². The lowest BCUT2D eigenvalue weighted by atomic mass is 9.41. The highest BCUT2D eigenvalue weighted by atomic mass is 16.5. The molecule has 1 aliphatic heterocycles. The summed E-state index contributed by atoms with van der Waals surface area (Å²) >= 11 is 0. The fourth-order valence-corrected chi connectivity index (χ4v) is 9.10. The number of anilines is 1. The topological polar surface area (TPSA) is 111 Å². The Kier molecular flexibility index (Phi) is 5.63. The fourth-order valence-electron chi connectivity index (χ4n) is 9.10. The van der Waals surface area contributed by atoms with Crippen molar-refractivity contribution in [1.29, 1.82) is 0 Å². The van der Waals surface area contributed by atoms with Gasteiger partial charge in [0.05, 0.1) is 23.0 Å². The molecule has 7 nitrogen and oxygen atoms in total. The van der Waals surface area contributed by atoms with E-state index in [1.807, 2.05) is 36.5 Å². The highest BCUT2D eigenvalue weighted by Gasteiger charge is 2.71. The molecule has 4 N–H and O–H groups in total. The maximum absolute atomic E-state index is 12.5. The van der Waals surface area contributed by atoms with E-state index in [0.717, 1.165) is 36.9 Å². The lowest BCUT2D eigenvalue weighted by Gasteiger charge is -2.65. The molecule has 1 aromatic rings. The van der Waals surface area contributed by atoms with Crippen molar-refractivity contribution in [2.45, 2.75) is 82.0 Å². The largest absolute Gasteiger partial charge is 0.458 e. The maximum Gasteiger partial charge on any atom is 0.331 e. The van der Waals surface area contributed by atoms with Gasteiger partial charge in [-0.2, -0.15) is 5.10 Å². The minimum absolute atomic E-state index is 0.0265. The molecular weight excluding hydrogens is 456 g/mol. The van der Waals surface area contributed by atoms with Crippen LogP contribution in [0.25, 0.3) is 0 Å². The Labute approximate surface area is 212 Å². The summed E-state index contributed by atoms with van der Waals surface area (Å²) in [5.74, 6) is -0.0496. The summed E-state index contributed by atoms with van der Waals surface area (Å²) < 4.78 is 5.24. The lowest BCUT2D eigenvalue weighted by molar-refractivity contribution is -0.237. The van der Waals surface area contributed by atoms with Crippen LogP contribution in [0.5, 0.6) is 0 Å². The van der Waals surface area contributed by atoms with Crippen molar-refractivity contribution >= 4 is 17.9 Å². The van der Waals surface area contributed by atoms with E-state index in [9.17, 15) is 20.1 Å². The number of cyclic esters (lactones) is 1. The third-order valence-electron chi connectivity index (χ3n) is 10.9. The van der Waals surface area contributed by atoms with Gasteiger partial charge in [-0.25, -0.2) is 4.79 Å². The predicted octanol–water partition coefficient (Wildman–Crippen LogP) is 3.80. The number of fused-ring (bicyclic) bond motifs is 5. The molecular formula is C29H38N2O5. The first-order valence-electron chi connectivity index (χ1n) is 13.6. The molecule has 4 saturated carbocycles. The van der Waals surface area contributed by atoms with Crippen molar-refractivity contribution in [1.82, 2.24) is 0 Å². The minimum Gasteiger partial charge on any atom is -0.458 e. The Balaban J connectivity index is 1.35. The van der Waals surface area contributed by atoms with Crippen molar-refractivity contribution in [3.05, 3.63) is 42.0 Å². The second-order valence-corrected chi connectivity index (χ2v) is 12.3. The van der Waals surface area contributed by atoms with E-state index in [2.05, 4.69) is 17.5 Å². The average molecular weight is 495 g/mol. The van der Waals surface area contributed by atoms with E-state index in [1.54, 1.807) is 6.08 Å². The van der Waals surface area contributed by atoms with Gasteiger partial charge in [-0.1, -0.05) is 25.1 Å². The molecule has 6 rings (SSSR count). The molecule has 4 fully saturated rings. The van der Waals surface area contributed by atoms with Crippen LogP contribution in [0.1, 0.15) is 64.7 Å². The van der Waals surface area contributed by atoms with Gasteiger partial charge in [0.1, 0.15) is 6.61 Å². The van der Waals surface area contributed by atoms with Crippen LogP contribution in [0.15, 0.2) is 47.1 Å². The van der Waals surface area contributed by atoms with Gasteiger partial charge < -0.3 is 20.1 Å². The highest BCUT2D eigenvalue weighted by Crippen LogP contribution is 2.70. The van der Waals surface area contributed by atoms with Crippen LogP contribution in [-0.4, -0.2) is 51.4 Å². The number of ether oxygens (including phenoxy) is 1. The van der Waals surface area contributed by atoms with E-state index < -0.39 is 22.7 Å². The smallest absolute Gasteiger partial charge is 0.331 e. The Bertz CT molecular complexity index is 1090. The average Bonchev–Trinajstić information content (AvgIpc) is 3.40. The van der Waals surface area contributed by atoms with Crippen LogP contribution in [-0.2, 0) is 9.53 Å². The van der Waals surface area contributed by atoms with Crippen LogP contribution < -0.4 is 5.43 Å². The summed E-state index contributed by atoms with van der Waals surface area (Å²) in [5, 5.41) is 39.7. The van der Waals surface area contributed by atoms with E-state index >= 15 is 0 Å². The summed E-state index contributed by atoms with van der Waals surface area (Å²) in [4.78, 5) is 11.8. The van der Waals surface area contributed by atoms with Crippen LogP contribution in [0, 0.1) is 28.6 Å². The summed E-state index contributed by atoms with van der Waals surface area (Å²) in [7, 11) is 0. The van der Waals surface area contributed by atoms with Gasteiger partial charge in [0.25, 0.3) is 0 Å². The molecule has 0 unspecified atom stereocenters. The van der Waals surface area contributed by atoms with Crippen molar-refractivity contribution in [3.63, 3.8) is 0 Å². The first kappa shape index (κ1) is 24.1. The van der Waals surface area contributed by atoms with Gasteiger partial charge in [0.2, 0.25) is 0 Å². The molecule has 36 heavy (non-hydrogen) atoms. The Morgan fingerprint density at radius 2 is 1.81 bits per heavy atom. The number of nitrogens with one attached hydrogen (secondary N) is 1. The van der Waals surface area contributed by atoms with Crippen LogP contribution in [0.2, 0.25) is 0 Å². The molecule has 0 aromatic heterocycles. The zero-order valence-electron chi connectivity index (χ0n) is 21.0. The van der Waals surface area contributed by atoms with Crippen molar-refractivity contribution in [2.75, 3.05) is 12.0 Å². The monoisotopic (exact) mass is 494 g/mol. The molecule has 4 aliphatic carbocycles. The highest BCUT2D eigenvalue weighted by molar-refractivity contribution is 5.85. The van der Waals surface area contributed by atoms with Crippen LogP contribution in [0.4, 0.5) is 5.69 Å². The number of para-hydroxylation sites is 1. The van der Waals surface area contributed by atoms with Crippen molar-refractivity contribution < 1.29 is 24.9 Å². The number of aliphatic hydroxyl groups excluding tert-OH is 1. The number of aliphatic hydroxyl groups is 3. The number of hydrogen-bond donors (Lipinski definition) is 4. The van der Waals surface area contributed by atoms with Gasteiger partial charge in [-0.15, -0.1) is 0 Å². The summed E-state index contributed by atoms with van der Waals surface area (Å²) in [6, 6.07) is 9.77. The quantitative estimate of drug-likeness (QED) is 0.288. The molecule has 0 saturated heterocycles. The number of carbonyl (C=O) groups excluding carboxylic acids is 1. The minimum atomic E-state index is -1.05. The van der Waals surface area contributed by atoms with Crippen LogP contribution in [0.3, 0.4) is 0 Å². The fraction of sp³-hybridized carbons (Fsp3) is 0.655. The number of hydrogen-bond acceptors (Lipinski definition) is 7. The van der Waals surface area contributed by atoms with E-state index in [4.69, 9.17) is 4.74 Å². The Morgan fingerprint density at radius 1 is 1.03 bits per heavy atom. The molecule has 1 aromatic carbocycles. The van der Waals surface area contributed by atoms with Gasteiger partial charge >= 0.3 is 5.97 Å². The number of carbonyl (C=O) groups is 1. The molecule has 5 aliphatic rings. The van der Waals surface area contributed by atoms with Gasteiger partial charge in [-0.3, -0.25) is 5.43 Å². The van der Waals surface area contributed by atoms with Gasteiger partial charge in [0, 0.05) is 29.5 Å². The molecule has 1 heterocycles. The number of benzene rings is 1. The molecule has 194 valence electrons. The second kappa shape index (κ2) is 8.40. The number of rotatable bonds is 4.